The first-order chi connectivity index (χ1) is 17.7. The molecule has 1 N–H and O–H groups in total. The van der Waals surface area contributed by atoms with E-state index >= 15 is 0 Å². The molecule has 4 heteroatoms. The fraction of sp³-hybridized carbons (Fsp3) is 0.156. The average molecular weight is 476 g/mol. The monoisotopic (exact) mass is 475 g/mol. The summed E-state index contributed by atoms with van der Waals surface area (Å²) in [6, 6.07) is 34.9. The van der Waals surface area contributed by atoms with Crippen molar-refractivity contribution in [1.82, 2.24) is 4.98 Å². The minimum absolute atomic E-state index is 0.126. The highest BCUT2D eigenvalue weighted by Crippen LogP contribution is 2.36. The van der Waals surface area contributed by atoms with Crippen molar-refractivity contribution < 1.29 is 14.3 Å². The second-order valence-electron chi connectivity index (χ2n) is 8.78. The molecule has 0 aliphatic heterocycles. The Morgan fingerprint density at radius 3 is 2.25 bits per heavy atom. The summed E-state index contributed by atoms with van der Waals surface area (Å²) < 4.78 is 11.3. The molecule has 1 heterocycles. The van der Waals surface area contributed by atoms with Gasteiger partial charge in [0.05, 0.1) is 13.0 Å². The van der Waals surface area contributed by atoms with E-state index in [1.54, 1.807) is 0 Å². The van der Waals surface area contributed by atoms with Crippen molar-refractivity contribution >= 4 is 16.9 Å². The zero-order valence-electron chi connectivity index (χ0n) is 20.3. The van der Waals surface area contributed by atoms with Gasteiger partial charge in [-0.05, 0) is 46.9 Å². The molecular formula is C32H29NO3. The van der Waals surface area contributed by atoms with E-state index in [4.69, 9.17) is 9.47 Å². The third kappa shape index (κ3) is 5.33. The maximum absolute atomic E-state index is 12.6. The number of nitrogens with one attached hydrogen (secondary N) is 1. The Morgan fingerprint density at radius 1 is 0.833 bits per heavy atom. The lowest BCUT2D eigenvalue weighted by Gasteiger charge is -2.17. The number of hydrogen-bond acceptors (Lipinski definition) is 3. The van der Waals surface area contributed by atoms with Crippen LogP contribution in [0.25, 0.3) is 22.0 Å². The van der Waals surface area contributed by atoms with Crippen LogP contribution in [0.15, 0.2) is 109 Å². The van der Waals surface area contributed by atoms with E-state index in [1.807, 2.05) is 73.8 Å². The van der Waals surface area contributed by atoms with E-state index < -0.39 is 0 Å². The Bertz CT molecular complexity index is 1420. The van der Waals surface area contributed by atoms with Gasteiger partial charge in [0.2, 0.25) is 0 Å². The zero-order chi connectivity index (χ0) is 24.7. The van der Waals surface area contributed by atoms with Crippen LogP contribution < -0.4 is 4.74 Å². The molecule has 0 aliphatic carbocycles. The molecule has 4 aromatic carbocycles. The number of ether oxygens (including phenoxy) is 2. The van der Waals surface area contributed by atoms with Crippen LogP contribution in [0.5, 0.6) is 5.75 Å². The number of aromatic nitrogens is 1. The van der Waals surface area contributed by atoms with Gasteiger partial charge in [-0.1, -0.05) is 84.9 Å². The van der Waals surface area contributed by atoms with Gasteiger partial charge in [0, 0.05) is 29.1 Å². The van der Waals surface area contributed by atoms with Crippen LogP contribution >= 0.6 is 0 Å². The molecule has 4 nitrogen and oxygen atoms in total. The summed E-state index contributed by atoms with van der Waals surface area (Å²) in [5, 5.41) is 1.07. The first-order valence-corrected chi connectivity index (χ1v) is 12.3. The van der Waals surface area contributed by atoms with Gasteiger partial charge in [-0.3, -0.25) is 4.79 Å². The van der Waals surface area contributed by atoms with E-state index in [0.717, 1.165) is 38.9 Å². The predicted molar refractivity (Wildman–Crippen MR) is 144 cm³/mol. The number of hydrogen-bond donors (Lipinski definition) is 1. The third-order valence-corrected chi connectivity index (χ3v) is 6.41. The van der Waals surface area contributed by atoms with E-state index in [-0.39, 0.29) is 18.3 Å². The van der Waals surface area contributed by atoms with Gasteiger partial charge in [-0.2, -0.15) is 0 Å². The standard InChI is InChI=1S/C32H29NO3/c1-2-35-32(34)20-29(26-15-13-25(14-16-26)24-11-7-4-8-12-24)30-21-33-31-19-27(17-18-28(30)31)36-22-23-9-5-3-6-10-23/h3-19,21,29,33H,2,20,22H2,1H3. The molecule has 5 aromatic rings. The Morgan fingerprint density at radius 2 is 1.53 bits per heavy atom. The van der Waals surface area contributed by atoms with Gasteiger partial charge >= 0.3 is 5.97 Å². The number of fused-ring (bicyclic) bond motifs is 1. The van der Waals surface area contributed by atoms with E-state index in [9.17, 15) is 4.79 Å². The van der Waals surface area contributed by atoms with Crippen molar-refractivity contribution in [3.05, 3.63) is 126 Å². The zero-order valence-corrected chi connectivity index (χ0v) is 20.3. The molecule has 0 saturated heterocycles. The van der Waals surface area contributed by atoms with Gasteiger partial charge in [0.1, 0.15) is 12.4 Å². The highest BCUT2D eigenvalue weighted by molar-refractivity contribution is 5.86. The summed E-state index contributed by atoms with van der Waals surface area (Å²) in [5.74, 6) is 0.472. The maximum Gasteiger partial charge on any atom is 0.306 e. The molecule has 0 radical (unpaired) electrons. The van der Waals surface area contributed by atoms with Crippen molar-refractivity contribution in [2.75, 3.05) is 6.61 Å². The second-order valence-corrected chi connectivity index (χ2v) is 8.78. The summed E-state index contributed by atoms with van der Waals surface area (Å²) in [4.78, 5) is 16.0. The van der Waals surface area contributed by atoms with Crippen LogP contribution in [0.2, 0.25) is 0 Å². The number of benzene rings is 4. The van der Waals surface area contributed by atoms with Crippen molar-refractivity contribution in [1.29, 1.82) is 0 Å². The molecule has 5 rings (SSSR count). The quantitative estimate of drug-likeness (QED) is 0.225. The first kappa shape index (κ1) is 23.4. The molecule has 0 bridgehead atoms. The Kier molecular flexibility index (Phi) is 7.13. The van der Waals surface area contributed by atoms with E-state index in [0.29, 0.717) is 13.2 Å². The summed E-state index contributed by atoms with van der Waals surface area (Å²) in [6.45, 7) is 2.72. The van der Waals surface area contributed by atoms with Crippen LogP contribution in [0, 0.1) is 0 Å². The molecule has 0 amide bonds. The summed E-state index contributed by atoms with van der Waals surface area (Å²) >= 11 is 0. The fourth-order valence-corrected chi connectivity index (χ4v) is 4.58. The molecule has 0 aliphatic rings. The van der Waals surface area contributed by atoms with Gasteiger partial charge < -0.3 is 14.5 Å². The first-order valence-electron chi connectivity index (χ1n) is 12.3. The normalized spacial score (nSPS) is 11.8. The van der Waals surface area contributed by atoms with Crippen LogP contribution in [-0.4, -0.2) is 17.6 Å². The molecule has 180 valence electrons. The Balaban J connectivity index is 1.43. The number of aromatic amines is 1. The molecule has 1 unspecified atom stereocenters. The second kappa shape index (κ2) is 11.0. The van der Waals surface area contributed by atoms with Crippen molar-refractivity contribution in [2.45, 2.75) is 25.9 Å². The number of esters is 1. The molecule has 36 heavy (non-hydrogen) atoms. The fourth-order valence-electron chi connectivity index (χ4n) is 4.58. The number of carbonyl (C=O) groups excluding carboxylic acids is 1. The largest absolute Gasteiger partial charge is 0.489 e. The smallest absolute Gasteiger partial charge is 0.306 e. The lowest BCUT2D eigenvalue weighted by Crippen LogP contribution is -2.11. The minimum Gasteiger partial charge on any atom is -0.489 e. The lowest BCUT2D eigenvalue weighted by molar-refractivity contribution is -0.143. The SMILES string of the molecule is CCOC(=O)CC(c1ccc(-c2ccccc2)cc1)c1c[nH]c2cc(OCc3ccccc3)ccc12. The molecular weight excluding hydrogens is 446 g/mol. The molecule has 0 fully saturated rings. The Hall–Kier alpha value is -4.31. The summed E-state index contributed by atoms with van der Waals surface area (Å²) in [5.41, 5.74) is 6.56. The lowest BCUT2D eigenvalue weighted by atomic mass is 9.87. The summed E-state index contributed by atoms with van der Waals surface area (Å²) in [6.07, 6.45) is 2.28. The van der Waals surface area contributed by atoms with Gasteiger partial charge in [0.15, 0.2) is 0 Å². The van der Waals surface area contributed by atoms with Crippen LogP contribution in [0.4, 0.5) is 0 Å². The van der Waals surface area contributed by atoms with Crippen molar-refractivity contribution in [3.8, 4) is 16.9 Å². The topological polar surface area (TPSA) is 51.3 Å². The summed E-state index contributed by atoms with van der Waals surface area (Å²) in [7, 11) is 0. The highest BCUT2D eigenvalue weighted by atomic mass is 16.5. The molecule has 1 atom stereocenters. The van der Waals surface area contributed by atoms with Gasteiger partial charge in [-0.25, -0.2) is 0 Å². The minimum atomic E-state index is -0.202. The van der Waals surface area contributed by atoms with Crippen molar-refractivity contribution in [3.63, 3.8) is 0 Å². The van der Waals surface area contributed by atoms with Crippen LogP contribution in [0.1, 0.15) is 36.0 Å². The Labute approximate surface area is 211 Å². The number of rotatable bonds is 9. The van der Waals surface area contributed by atoms with Crippen LogP contribution in [-0.2, 0) is 16.1 Å². The van der Waals surface area contributed by atoms with Crippen LogP contribution in [0.3, 0.4) is 0 Å². The third-order valence-electron chi connectivity index (χ3n) is 6.41. The van der Waals surface area contributed by atoms with Gasteiger partial charge in [0.25, 0.3) is 0 Å². The molecule has 0 spiro atoms. The molecule has 0 saturated carbocycles. The van der Waals surface area contributed by atoms with Gasteiger partial charge in [-0.15, -0.1) is 0 Å². The number of H-pyrrole nitrogens is 1. The molecule has 1 aromatic heterocycles. The average Bonchev–Trinajstić information content (AvgIpc) is 3.35. The number of carbonyl (C=O) groups is 1. The maximum atomic E-state index is 12.6. The van der Waals surface area contributed by atoms with Crippen molar-refractivity contribution in [2.24, 2.45) is 0 Å². The predicted octanol–water partition coefficient (Wildman–Crippen LogP) is 7.50. The highest BCUT2D eigenvalue weighted by Gasteiger charge is 2.22. The van der Waals surface area contributed by atoms with E-state index in [1.165, 1.54) is 5.56 Å². The van der Waals surface area contributed by atoms with E-state index in [2.05, 4.69) is 47.4 Å².